The SMILES string of the molecule is C=CC=C(CCNC)C(C)O. The summed E-state index contributed by atoms with van der Waals surface area (Å²) in [7, 11) is 1.90. The summed E-state index contributed by atoms with van der Waals surface area (Å²) < 4.78 is 0. The molecule has 0 radical (unpaired) electrons. The molecule has 2 nitrogen and oxygen atoms in total. The predicted octanol–water partition coefficient (Wildman–Crippen LogP) is 1.09. The fraction of sp³-hybridized carbons (Fsp3) is 0.556. The lowest BCUT2D eigenvalue weighted by atomic mass is 10.1. The smallest absolute Gasteiger partial charge is 0.0725 e. The molecule has 0 aliphatic carbocycles. The second kappa shape index (κ2) is 6.13. The fourth-order valence-corrected chi connectivity index (χ4v) is 0.852. The van der Waals surface area contributed by atoms with Gasteiger partial charge in [-0.15, -0.1) is 0 Å². The Balaban J connectivity index is 3.89. The third kappa shape index (κ3) is 4.76. The van der Waals surface area contributed by atoms with E-state index in [1.165, 1.54) is 0 Å². The molecule has 0 aromatic rings. The van der Waals surface area contributed by atoms with Crippen LogP contribution in [0.25, 0.3) is 0 Å². The average Bonchev–Trinajstić information content (AvgIpc) is 1.97. The summed E-state index contributed by atoms with van der Waals surface area (Å²) in [5.41, 5.74) is 1.02. The number of aliphatic hydroxyl groups is 1. The van der Waals surface area contributed by atoms with Crippen LogP contribution in [0.4, 0.5) is 0 Å². The first-order chi connectivity index (χ1) is 5.22. The molecule has 1 atom stereocenters. The quantitative estimate of drug-likeness (QED) is 0.582. The minimum atomic E-state index is -0.360. The molecule has 0 aromatic carbocycles. The topological polar surface area (TPSA) is 32.3 Å². The zero-order valence-electron chi connectivity index (χ0n) is 7.30. The van der Waals surface area contributed by atoms with Crippen molar-refractivity contribution in [1.82, 2.24) is 5.32 Å². The van der Waals surface area contributed by atoms with Crippen molar-refractivity contribution in [2.45, 2.75) is 19.4 Å². The first-order valence-electron chi connectivity index (χ1n) is 3.86. The number of hydrogen-bond donors (Lipinski definition) is 2. The Bertz CT molecular complexity index is 138. The van der Waals surface area contributed by atoms with E-state index in [-0.39, 0.29) is 6.10 Å². The number of nitrogens with one attached hydrogen (secondary N) is 1. The predicted molar refractivity (Wildman–Crippen MR) is 48.5 cm³/mol. The highest BCUT2D eigenvalue weighted by Gasteiger charge is 2.01. The van der Waals surface area contributed by atoms with Crippen LogP contribution in [0.5, 0.6) is 0 Å². The average molecular weight is 155 g/mol. The van der Waals surface area contributed by atoms with Crippen molar-refractivity contribution in [3.63, 3.8) is 0 Å². The first kappa shape index (κ1) is 10.4. The Morgan fingerprint density at radius 2 is 2.36 bits per heavy atom. The molecule has 11 heavy (non-hydrogen) atoms. The van der Waals surface area contributed by atoms with Gasteiger partial charge in [0.2, 0.25) is 0 Å². The Labute approximate surface area is 68.6 Å². The minimum absolute atomic E-state index is 0.360. The van der Waals surface area contributed by atoms with E-state index < -0.39 is 0 Å². The standard InChI is InChI=1S/C9H17NO/c1-4-5-9(8(2)11)6-7-10-3/h4-5,8,10-11H,1,6-7H2,2-3H3. The maximum Gasteiger partial charge on any atom is 0.0725 e. The monoisotopic (exact) mass is 155 g/mol. The Morgan fingerprint density at radius 3 is 2.73 bits per heavy atom. The van der Waals surface area contributed by atoms with Crippen molar-refractivity contribution in [1.29, 1.82) is 0 Å². The van der Waals surface area contributed by atoms with Gasteiger partial charge in [-0.25, -0.2) is 0 Å². The molecule has 64 valence electrons. The van der Waals surface area contributed by atoms with E-state index in [0.29, 0.717) is 0 Å². The van der Waals surface area contributed by atoms with Crippen LogP contribution in [0.2, 0.25) is 0 Å². The Hall–Kier alpha value is -0.600. The van der Waals surface area contributed by atoms with Crippen LogP contribution in [0.3, 0.4) is 0 Å². The number of aliphatic hydroxyl groups excluding tert-OH is 1. The molecule has 0 bridgehead atoms. The van der Waals surface area contributed by atoms with Gasteiger partial charge in [0.1, 0.15) is 0 Å². The lowest BCUT2D eigenvalue weighted by Gasteiger charge is -2.08. The summed E-state index contributed by atoms with van der Waals surface area (Å²) in [5, 5.41) is 12.3. The molecule has 0 saturated carbocycles. The van der Waals surface area contributed by atoms with Gasteiger partial charge in [0.25, 0.3) is 0 Å². The molecule has 0 aliphatic heterocycles. The third-order valence-corrected chi connectivity index (χ3v) is 1.53. The second-order valence-corrected chi connectivity index (χ2v) is 2.51. The van der Waals surface area contributed by atoms with E-state index in [0.717, 1.165) is 18.5 Å². The second-order valence-electron chi connectivity index (χ2n) is 2.51. The van der Waals surface area contributed by atoms with Gasteiger partial charge in [-0.2, -0.15) is 0 Å². The summed E-state index contributed by atoms with van der Waals surface area (Å²) in [6, 6.07) is 0. The van der Waals surface area contributed by atoms with Crippen LogP contribution in [0, 0.1) is 0 Å². The van der Waals surface area contributed by atoms with Gasteiger partial charge in [0.15, 0.2) is 0 Å². The van der Waals surface area contributed by atoms with Gasteiger partial charge in [-0.1, -0.05) is 18.7 Å². The summed E-state index contributed by atoms with van der Waals surface area (Å²) in [6.45, 7) is 6.25. The summed E-state index contributed by atoms with van der Waals surface area (Å²) in [4.78, 5) is 0. The van der Waals surface area contributed by atoms with E-state index >= 15 is 0 Å². The van der Waals surface area contributed by atoms with Crippen molar-refractivity contribution in [2.75, 3.05) is 13.6 Å². The Morgan fingerprint density at radius 1 is 1.73 bits per heavy atom. The van der Waals surface area contributed by atoms with Gasteiger partial charge in [-0.05, 0) is 32.5 Å². The van der Waals surface area contributed by atoms with Crippen molar-refractivity contribution < 1.29 is 5.11 Å². The molecule has 0 saturated heterocycles. The summed E-state index contributed by atoms with van der Waals surface area (Å²) in [5.74, 6) is 0. The largest absolute Gasteiger partial charge is 0.389 e. The molecule has 0 aliphatic rings. The highest BCUT2D eigenvalue weighted by atomic mass is 16.3. The van der Waals surface area contributed by atoms with Crippen molar-refractivity contribution in [3.05, 3.63) is 24.3 Å². The maximum absolute atomic E-state index is 9.23. The number of allylic oxidation sites excluding steroid dienone is 2. The van der Waals surface area contributed by atoms with Crippen LogP contribution < -0.4 is 5.32 Å². The van der Waals surface area contributed by atoms with Crippen molar-refractivity contribution in [2.24, 2.45) is 0 Å². The molecule has 0 amide bonds. The first-order valence-corrected chi connectivity index (χ1v) is 3.86. The summed E-state index contributed by atoms with van der Waals surface area (Å²) in [6.07, 6.45) is 4.08. The van der Waals surface area contributed by atoms with Crippen molar-refractivity contribution in [3.8, 4) is 0 Å². The normalized spacial score (nSPS) is 14.6. The third-order valence-electron chi connectivity index (χ3n) is 1.53. The molecule has 0 spiro atoms. The van der Waals surface area contributed by atoms with Crippen LogP contribution in [-0.2, 0) is 0 Å². The summed E-state index contributed by atoms with van der Waals surface area (Å²) >= 11 is 0. The Kier molecular flexibility index (Phi) is 5.80. The van der Waals surface area contributed by atoms with E-state index in [9.17, 15) is 5.11 Å². The van der Waals surface area contributed by atoms with Gasteiger partial charge in [0, 0.05) is 0 Å². The molecular formula is C9H17NO. The van der Waals surface area contributed by atoms with Crippen LogP contribution in [-0.4, -0.2) is 24.8 Å². The lowest BCUT2D eigenvalue weighted by molar-refractivity contribution is 0.227. The van der Waals surface area contributed by atoms with Crippen LogP contribution in [0.15, 0.2) is 24.3 Å². The highest BCUT2D eigenvalue weighted by Crippen LogP contribution is 2.05. The van der Waals surface area contributed by atoms with E-state index in [2.05, 4.69) is 11.9 Å². The van der Waals surface area contributed by atoms with Crippen molar-refractivity contribution >= 4 is 0 Å². The molecule has 2 N–H and O–H groups in total. The van der Waals surface area contributed by atoms with Crippen LogP contribution in [0.1, 0.15) is 13.3 Å². The van der Waals surface area contributed by atoms with E-state index in [1.807, 2.05) is 13.1 Å². The molecule has 0 aromatic heterocycles. The number of hydrogen-bond acceptors (Lipinski definition) is 2. The minimum Gasteiger partial charge on any atom is -0.389 e. The zero-order chi connectivity index (χ0) is 8.69. The van der Waals surface area contributed by atoms with E-state index in [1.54, 1.807) is 13.0 Å². The fourth-order valence-electron chi connectivity index (χ4n) is 0.852. The molecule has 0 rings (SSSR count). The number of rotatable bonds is 5. The molecule has 2 heteroatoms. The van der Waals surface area contributed by atoms with Gasteiger partial charge in [0.05, 0.1) is 6.10 Å². The molecular weight excluding hydrogens is 138 g/mol. The molecule has 0 heterocycles. The zero-order valence-corrected chi connectivity index (χ0v) is 7.30. The molecule has 1 unspecified atom stereocenters. The van der Waals surface area contributed by atoms with E-state index in [4.69, 9.17) is 0 Å². The van der Waals surface area contributed by atoms with Gasteiger partial charge < -0.3 is 10.4 Å². The highest BCUT2D eigenvalue weighted by molar-refractivity contribution is 5.13. The van der Waals surface area contributed by atoms with Gasteiger partial charge >= 0.3 is 0 Å². The van der Waals surface area contributed by atoms with Crippen LogP contribution >= 0.6 is 0 Å². The maximum atomic E-state index is 9.23. The molecule has 0 fully saturated rings. The lowest BCUT2D eigenvalue weighted by Crippen LogP contribution is -2.13. The van der Waals surface area contributed by atoms with Gasteiger partial charge in [-0.3, -0.25) is 0 Å².